The second-order valence-electron chi connectivity index (χ2n) is 6.39. The second-order valence-corrected chi connectivity index (χ2v) is 6.39. The van der Waals surface area contributed by atoms with Crippen molar-refractivity contribution in [1.82, 2.24) is 10.2 Å². The lowest BCUT2D eigenvalue weighted by Gasteiger charge is -2.33. The third-order valence-electron chi connectivity index (χ3n) is 4.40. The van der Waals surface area contributed by atoms with Crippen molar-refractivity contribution in [1.29, 1.82) is 0 Å². The van der Waals surface area contributed by atoms with E-state index in [1.165, 1.54) is 18.2 Å². The fourth-order valence-electron chi connectivity index (χ4n) is 3.16. The number of amides is 1. The Morgan fingerprint density at radius 1 is 1.42 bits per heavy atom. The first kappa shape index (κ1) is 20.6. The molecule has 6 heteroatoms. The minimum Gasteiger partial charge on any atom is -0.342 e. The zero-order valence-electron chi connectivity index (χ0n) is 14.3. The molecule has 0 radical (unpaired) electrons. The van der Waals surface area contributed by atoms with Gasteiger partial charge in [-0.2, -0.15) is 0 Å². The van der Waals surface area contributed by atoms with Crippen molar-refractivity contribution in [3.63, 3.8) is 0 Å². The Morgan fingerprint density at radius 2 is 2.17 bits per heavy atom. The first-order valence-corrected chi connectivity index (χ1v) is 8.23. The number of rotatable bonds is 6. The van der Waals surface area contributed by atoms with E-state index in [1.54, 1.807) is 13.0 Å². The topological polar surface area (TPSA) is 49.4 Å². The molecule has 2 atom stereocenters. The van der Waals surface area contributed by atoms with Crippen molar-refractivity contribution < 1.29 is 14.0 Å². The van der Waals surface area contributed by atoms with Crippen LogP contribution in [-0.4, -0.2) is 43.3 Å². The van der Waals surface area contributed by atoms with Crippen LogP contribution < -0.4 is 5.32 Å². The molecule has 0 saturated carbocycles. The molecule has 24 heavy (non-hydrogen) atoms. The first-order valence-electron chi connectivity index (χ1n) is 8.23. The Hall–Kier alpha value is -1.46. The predicted octanol–water partition coefficient (Wildman–Crippen LogP) is 2.91. The van der Waals surface area contributed by atoms with Crippen LogP contribution in [0.5, 0.6) is 0 Å². The summed E-state index contributed by atoms with van der Waals surface area (Å²) in [5, 5.41) is 3.16. The zero-order valence-corrected chi connectivity index (χ0v) is 15.1. The normalized spacial score (nSPS) is 18.6. The molecule has 2 rings (SSSR count). The number of ketones is 1. The number of hydrogen-bond acceptors (Lipinski definition) is 3. The molecule has 2 unspecified atom stereocenters. The third kappa shape index (κ3) is 5.56. The monoisotopic (exact) mass is 356 g/mol. The summed E-state index contributed by atoms with van der Waals surface area (Å²) in [6.45, 7) is 4.15. The molecule has 0 aliphatic carbocycles. The maximum atomic E-state index is 13.2. The van der Waals surface area contributed by atoms with E-state index < -0.39 is 11.7 Å². The fourth-order valence-corrected chi connectivity index (χ4v) is 3.16. The van der Waals surface area contributed by atoms with E-state index in [4.69, 9.17) is 0 Å². The molecule has 4 nitrogen and oxygen atoms in total. The molecular weight excluding hydrogens is 331 g/mol. The number of carbonyl (C=O) groups is 2. The average Bonchev–Trinajstić information content (AvgIpc) is 2.54. The van der Waals surface area contributed by atoms with Gasteiger partial charge in [0.05, 0.1) is 0 Å². The highest BCUT2D eigenvalue weighted by atomic mass is 35.5. The summed E-state index contributed by atoms with van der Waals surface area (Å²) >= 11 is 0. The summed E-state index contributed by atoms with van der Waals surface area (Å²) in [7, 11) is 1.92. The molecule has 1 aliphatic heterocycles. The van der Waals surface area contributed by atoms with Gasteiger partial charge in [0.15, 0.2) is 5.78 Å². The Labute approximate surface area is 149 Å². The molecule has 1 saturated heterocycles. The van der Waals surface area contributed by atoms with Crippen LogP contribution in [0.4, 0.5) is 4.39 Å². The van der Waals surface area contributed by atoms with Crippen LogP contribution in [0, 0.1) is 17.7 Å². The molecule has 1 N–H and O–H groups in total. The summed E-state index contributed by atoms with van der Waals surface area (Å²) in [4.78, 5) is 26.6. The summed E-state index contributed by atoms with van der Waals surface area (Å²) in [6.07, 6.45) is 2.31. The van der Waals surface area contributed by atoms with Crippen LogP contribution in [0.3, 0.4) is 0 Å². The van der Waals surface area contributed by atoms with Gasteiger partial charge in [-0.25, -0.2) is 4.39 Å². The molecule has 0 aromatic heterocycles. The predicted molar refractivity (Wildman–Crippen MR) is 95.0 cm³/mol. The smallest absolute Gasteiger partial charge is 0.223 e. The number of carbonyl (C=O) groups excluding carboxylic acids is 2. The minimum absolute atomic E-state index is 0. The van der Waals surface area contributed by atoms with E-state index in [0.717, 1.165) is 32.5 Å². The van der Waals surface area contributed by atoms with E-state index >= 15 is 0 Å². The van der Waals surface area contributed by atoms with Gasteiger partial charge in [-0.1, -0.05) is 19.1 Å². The van der Waals surface area contributed by atoms with Gasteiger partial charge in [0.2, 0.25) is 5.91 Å². The number of halogens is 2. The van der Waals surface area contributed by atoms with Gasteiger partial charge in [-0.15, -0.1) is 12.4 Å². The van der Waals surface area contributed by atoms with E-state index in [9.17, 15) is 14.0 Å². The Kier molecular flexibility index (Phi) is 8.36. The summed E-state index contributed by atoms with van der Waals surface area (Å²) < 4.78 is 13.2. The quantitative estimate of drug-likeness (QED) is 0.797. The first-order chi connectivity index (χ1) is 11.0. The molecular formula is C18H26ClFN2O2. The van der Waals surface area contributed by atoms with Gasteiger partial charge in [0.25, 0.3) is 0 Å². The largest absolute Gasteiger partial charge is 0.342 e. The SMILES string of the molecule is CNCC1CCCN(C(=O)CC(C)C(=O)c2cccc(F)c2)C1.Cl. The van der Waals surface area contributed by atoms with Crippen molar-refractivity contribution in [2.24, 2.45) is 11.8 Å². The van der Waals surface area contributed by atoms with E-state index in [1.807, 2.05) is 11.9 Å². The Morgan fingerprint density at radius 3 is 2.83 bits per heavy atom. The van der Waals surface area contributed by atoms with Gasteiger partial charge in [-0.05, 0) is 44.5 Å². The van der Waals surface area contributed by atoms with Crippen LogP contribution in [0.1, 0.15) is 36.5 Å². The standard InChI is InChI=1S/C18H25FN2O2.ClH/c1-13(18(23)15-6-3-7-16(19)10-15)9-17(22)21-8-4-5-14(12-21)11-20-2;/h3,6-7,10,13-14,20H,4-5,8-9,11-12H2,1-2H3;1H. The average molecular weight is 357 g/mol. The lowest BCUT2D eigenvalue weighted by molar-refractivity contribution is -0.133. The van der Waals surface area contributed by atoms with Crippen molar-refractivity contribution >= 4 is 24.1 Å². The highest BCUT2D eigenvalue weighted by Gasteiger charge is 2.26. The fraction of sp³-hybridized carbons (Fsp3) is 0.556. The van der Waals surface area contributed by atoms with Gasteiger partial charge in [0.1, 0.15) is 5.82 Å². The molecule has 1 amide bonds. The van der Waals surface area contributed by atoms with Gasteiger partial charge in [-0.3, -0.25) is 9.59 Å². The van der Waals surface area contributed by atoms with Gasteiger partial charge < -0.3 is 10.2 Å². The van der Waals surface area contributed by atoms with Gasteiger partial charge in [0, 0.05) is 31.0 Å². The number of nitrogens with zero attached hydrogens (tertiary/aromatic N) is 1. The van der Waals surface area contributed by atoms with Crippen LogP contribution in [0.2, 0.25) is 0 Å². The molecule has 1 aromatic rings. The van der Waals surface area contributed by atoms with Crippen LogP contribution in [-0.2, 0) is 4.79 Å². The molecule has 1 fully saturated rings. The Balaban J connectivity index is 0.00000288. The molecule has 1 aliphatic rings. The molecule has 0 spiro atoms. The number of Topliss-reactive ketones (excluding diaryl/α,β-unsaturated/α-hetero) is 1. The molecule has 134 valence electrons. The van der Waals surface area contributed by atoms with Crippen LogP contribution in [0.25, 0.3) is 0 Å². The lowest BCUT2D eigenvalue weighted by atomic mass is 9.94. The number of likely N-dealkylation sites (tertiary alicyclic amines) is 1. The minimum atomic E-state index is -0.436. The molecule has 0 bridgehead atoms. The molecule has 1 aromatic carbocycles. The maximum Gasteiger partial charge on any atom is 0.223 e. The zero-order chi connectivity index (χ0) is 16.8. The second kappa shape index (κ2) is 9.74. The summed E-state index contributed by atoms with van der Waals surface area (Å²) in [6, 6.07) is 5.65. The summed E-state index contributed by atoms with van der Waals surface area (Å²) in [5.74, 6) is -0.550. The highest BCUT2D eigenvalue weighted by Crippen LogP contribution is 2.19. The van der Waals surface area contributed by atoms with Crippen molar-refractivity contribution in [3.8, 4) is 0 Å². The molecule has 1 heterocycles. The third-order valence-corrected chi connectivity index (χ3v) is 4.40. The van der Waals surface area contributed by atoms with E-state index in [-0.39, 0.29) is 30.5 Å². The van der Waals surface area contributed by atoms with Crippen LogP contribution >= 0.6 is 12.4 Å². The van der Waals surface area contributed by atoms with Crippen LogP contribution in [0.15, 0.2) is 24.3 Å². The number of piperidine rings is 1. The highest BCUT2D eigenvalue weighted by molar-refractivity contribution is 5.99. The maximum absolute atomic E-state index is 13.2. The lowest BCUT2D eigenvalue weighted by Crippen LogP contribution is -2.43. The van der Waals surface area contributed by atoms with Crippen molar-refractivity contribution in [2.75, 3.05) is 26.7 Å². The van der Waals surface area contributed by atoms with E-state index in [0.29, 0.717) is 11.5 Å². The van der Waals surface area contributed by atoms with Gasteiger partial charge >= 0.3 is 0 Å². The Bertz CT molecular complexity index is 566. The van der Waals surface area contributed by atoms with Crippen molar-refractivity contribution in [2.45, 2.75) is 26.2 Å². The summed E-state index contributed by atoms with van der Waals surface area (Å²) in [5.41, 5.74) is 0.331. The van der Waals surface area contributed by atoms with E-state index in [2.05, 4.69) is 5.32 Å². The number of benzene rings is 1. The number of nitrogens with one attached hydrogen (secondary N) is 1. The van der Waals surface area contributed by atoms with Crippen molar-refractivity contribution in [3.05, 3.63) is 35.6 Å². The number of hydrogen-bond donors (Lipinski definition) is 1.